The van der Waals surface area contributed by atoms with Gasteiger partial charge in [-0.25, -0.2) is 14.3 Å². The van der Waals surface area contributed by atoms with Crippen LogP contribution in [0.15, 0.2) is 18.3 Å². The van der Waals surface area contributed by atoms with Crippen LogP contribution >= 0.6 is 11.6 Å². The molecule has 0 spiro atoms. The van der Waals surface area contributed by atoms with Crippen LogP contribution in [0.3, 0.4) is 0 Å². The molecule has 3 rings (SSSR count). The van der Waals surface area contributed by atoms with Gasteiger partial charge >= 0.3 is 12.2 Å². The van der Waals surface area contributed by atoms with Gasteiger partial charge in [-0.2, -0.15) is 20.0 Å². The monoisotopic (exact) mass is 555 g/mol. The van der Waals surface area contributed by atoms with Crippen molar-refractivity contribution in [3.8, 4) is 0 Å². The number of hydrogen-bond acceptors (Lipinski definition) is 9. The van der Waals surface area contributed by atoms with Gasteiger partial charge in [-0.15, -0.1) is 0 Å². The van der Waals surface area contributed by atoms with Gasteiger partial charge in [-0.05, 0) is 56.1 Å². The van der Waals surface area contributed by atoms with Crippen molar-refractivity contribution < 1.29 is 33.7 Å². The molecule has 2 N–H and O–H groups in total. The number of hydrogen-bond donors (Lipinski definition) is 2. The summed E-state index contributed by atoms with van der Waals surface area (Å²) in [7, 11) is -2.09. The maximum atomic E-state index is 12.7. The Balaban J connectivity index is 1.96. The third kappa shape index (κ3) is 5.96. The van der Waals surface area contributed by atoms with Crippen LogP contribution in [0.25, 0.3) is 11.0 Å². The van der Waals surface area contributed by atoms with Crippen LogP contribution in [0.1, 0.15) is 47.8 Å². The van der Waals surface area contributed by atoms with E-state index >= 15 is 0 Å². The summed E-state index contributed by atoms with van der Waals surface area (Å²) in [6, 6.07) is 0. The Morgan fingerprint density at radius 3 is 2.41 bits per heavy atom. The number of fused-ring (bicyclic) bond motifs is 1. The van der Waals surface area contributed by atoms with Crippen LogP contribution in [-0.2, 0) is 13.9 Å². The number of aromatic nitrogens is 4. The van der Waals surface area contributed by atoms with Crippen LogP contribution < -0.4 is 4.90 Å². The van der Waals surface area contributed by atoms with E-state index in [1.165, 1.54) is 10.9 Å². The second-order valence-corrected chi connectivity index (χ2v) is 16.5. The number of amides is 2. The minimum atomic E-state index is -2.09. The molecule has 1 saturated heterocycles. The predicted octanol–water partition coefficient (Wildman–Crippen LogP) is 4.74. The second kappa shape index (κ2) is 9.95. The zero-order valence-corrected chi connectivity index (χ0v) is 24.0. The van der Waals surface area contributed by atoms with E-state index in [9.17, 15) is 19.8 Å². The first-order chi connectivity index (χ1) is 16.8. The Labute approximate surface area is 221 Å². The number of nitrogens with zero attached hydrogens (tertiary/aromatic N) is 5. The summed E-state index contributed by atoms with van der Waals surface area (Å²) in [6.07, 6.45) is -4.35. The van der Waals surface area contributed by atoms with E-state index in [4.69, 9.17) is 25.5 Å². The third-order valence-corrected chi connectivity index (χ3v) is 11.1. The van der Waals surface area contributed by atoms with Gasteiger partial charge in [-0.1, -0.05) is 27.4 Å². The summed E-state index contributed by atoms with van der Waals surface area (Å²) in [5.74, 6) is -0.341. The highest BCUT2D eigenvalue weighted by Gasteiger charge is 2.43. The zero-order valence-electron chi connectivity index (χ0n) is 22.3. The molecule has 204 valence electrons. The number of ether oxygens (including phenoxy) is 2. The number of anilines is 1. The van der Waals surface area contributed by atoms with Crippen molar-refractivity contribution in [2.24, 2.45) is 0 Å². The molecule has 2 amide bonds. The molecule has 1 fully saturated rings. The smallest absolute Gasteiger partial charge is 0.425 e. The Hall–Kier alpha value is -2.58. The van der Waals surface area contributed by atoms with Crippen LogP contribution in [0.5, 0.6) is 0 Å². The highest BCUT2D eigenvalue weighted by atomic mass is 35.5. The number of carboxylic acid groups (broad SMARTS) is 1. The standard InChI is InChI=1S/C23H34ClN5O7Si/c1-12-14(11-34-37(8,9)23(5,6)7)35-18(15(12)30)29-17-13(10-25-29)16(26-19(24)27-17)28(20(31)32)21(33)36-22(2,3)4/h10,14-15,18,30H,1,11H2,2-9H3,(H,31,32)/t14-,15-,18-/m1/s1. The normalized spacial score (nSPS) is 20.9. The molecule has 12 nitrogen and oxygen atoms in total. The molecule has 2 aromatic heterocycles. The van der Waals surface area contributed by atoms with Gasteiger partial charge < -0.3 is 24.1 Å². The quantitative estimate of drug-likeness (QED) is 0.301. The van der Waals surface area contributed by atoms with Gasteiger partial charge in [0.1, 0.15) is 17.8 Å². The van der Waals surface area contributed by atoms with Gasteiger partial charge in [-0.3, -0.25) is 0 Å². The Morgan fingerprint density at radius 2 is 1.86 bits per heavy atom. The maximum Gasteiger partial charge on any atom is 0.425 e. The van der Waals surface area contributed by atoms with E-state index in [1.807, 2.05) is 0 Å². The van der Waals surface area contributed by atoms with Crippen LogP contribution in [0.4, 0.5) is 15.4 Å². The molecule has 37 heavy (non-hydrogen) atoms. The summed E-state index contributed by atoms with van der Waals surface area (Å²) in [6.45, 7) is 19.6. The molecule has 0 unspecified atom stereocenters. The lowest BCUT2D eigenvalue weighted by Crippen LogP contribution is -2.42. The highest BCUT2D eigenvalue weighted by molar-refractivity contribution is 6.74. The fourth-order valence-electron chi connectivity index (χ4n) is 3.35. The lowest BCUT2D eigenvalue weighted by molar-refractivity contribution is -0.0531. The van der Waals surface area contributed by atoms with Crippen molar-refractivity contribution in [1.82, 2.24) is 19.7 Å². The minimum Gasteiger partial charge on any atom is -0.464 e. The van der Waals surface area contributed by atoms with Crippen molar-refractivity contribution in [2.45, 2.75) is 83.7 Å². The van der Waals surface area contributed by atoms with Crippen LogP contribution in [0.2, 0.25) is 23.4 Å². The fraction of sp³-hybridized carbons (Fsp3) is 0.609. The molecular weight excluding hydrogens is 522 g/mol. The lowest BCUT2D eigenvalue weighted by atomic mass is 10.1. The van der Waals surface area contributed by atoms with Gasteiger partial charge in [0.2, 0.25) is 5.28 Å². The van der Waals surface area contributed by atoms with E-state index in [2.05, 4.69) is 55.5 Å². The average Bonchev–Trinajstić information content (AvgIpc) is 3.25. The highest BCUT2D eigenvalue weighted by Crippen LogP contribution is 2.39. The molecule has 3 heterocycles. The molecule has 3 atom stereocenters. The lowest BCUT2D eigenvalue weighted by Gasteiger charge is -2.36. The molecule has 0 aromatic carbocycles. The Kier molecular flexibility index (Phi) is 7.79. The number of halogens is 1. The predicted molar refractivity (Wildman–Crippen MR) is 139 cm³/mol. The van der Waals surface area contributed by atoms with E-state index < -0.39 is 44.5 Å². The first kappa shape index (κ1) is 29.0. The van der Waals surface area contributed by atoms with Crippen LogP contribution in [0, 0.1) is 0 Å². The second-order valence-electron chi connectivity index (χ2n) is 11.3. The molecule has 2 aromatic rings. The molecule has 14 heteroatoms. The molecular formula is C23H34ClN5O7Si. The fourth-order valence-corrected chi connectivity index (χ4v) is 4.51. The minimum absolute atomic E-state index is 0.0165. The number of rotatable bonds is 5. The van der Waals surface area contributed by atoms with Crippen molar-refractivity contribution in [3.63, 3.8) is 0 Å². The summed E-state index contributed by atoms with van der Waals surface area (Å²) in [4.78, 5) is 33.1. The number of aliphatic hydroxyl groups excluding tert-OH is 1. The SMILES string of the molecule is C=C1[C@@H](O)[C@H](n2ncc3c(N(C(=O)O)C(=O)OC(C)(C)C)nc(Cl)nc32)O[C@@H]1CO[Si](C)(C)C(C)(C)C. The van der Waals surface area contributed by atoms with Crippen molar-refractivity contribution in [3.05, 3.63) is 23.6 Å². The van der Waals surface area contributed by atoms with E-state index in [0.717, 1.165) is 0 Å². The van der Waals surface area contributed by atoms with Crippen LogP contribution in [-0.4, -0.2) is 74.9 Å². The third-order valence-electron chi connectivity index (χ3n) is 6.40. The Bertz CT molecular complexity index is 1220. The largest absolute Gasteiger partial charge is 0.464 e. The van der Waals surface area contributed by atoms with E-state index in [-0.39, 0.29) is 33.8 Å². The summed E-state index contributed by atoms with van der Waals surface area (Å²) in [5, 5.41) is 24.6. The average molecular weight is 556 g/mol. The summed E-state index contributed by atoms with van der Waals surface area (Å²) >= 11 is 6.11. The molecule has 1 aliphatic rings. The van der Waals surface area contributed by atoms with Gasteiger partial charge in [0.15, 0.2) is 26.0 Å². The number of imide groups is 1. The molecule has 0 saturated carbocycles. The topological polar surface area (TPSA) is 149 Å². The van der Waals surface area contributed by atoms with E-state index in [1.54, 1.807) is 20.8 Å². The van der Waals surface area contributed by atoms with Crippen molar-refractivity contribution >= 4 is 49.0 Å². The molecule has 0 aliphatic carbocycles. The van der Waals surface area contributed by atoms with Crippen molar-refractivity contribution in [1.29, 1.82) is 0 Å². The van der Waals surface area contributed by atoms with Crippen molar-refractivity contribution in [2.75, 3.05) is 11.5 Å². The molecule has 0 bridgehead atoms. The van der Waals surface area contributed by atoms with E-state index in [0.29, 0.717) is 10.5 Å². The molecule has 0 radical (unpaired) electrons. The number of carbonyl (C=O) groups excluding carboxylic acids is 1. The number of carbonyl (C=O) groups is 2. The summed E-state index contributed by atoms with van der Waals surface area (Å²) < 4.78 is 18.8. The summed E-state index contributed by atoms with van der Waals surface area (Å²) in [5.41, 5.74) is -0.504. The zero-order chi connectivity index (χ0) is 28.1. The first-order valence-electron chi connectivity index (χ1n) is 11.7. The first-order valence-corrected chi connectivity index (χ1v) is 15.0. The maximum absolute atomic E-state index is 12.7. The Morgan fingerprint density at radius 1 is 1.24 bits per heavy atom. The van der Waals surface area contributed by atoms with Gasteiger partial charge in [0, 0.05) is 0 Å². The van der Waals surface area contributed by atoms with Gasteiger partial charge in [0.25, 0.3) is 0 Å². The molecule has 1 aliphatic heterocycles. The van der Waals surface area contributed by atoms with Gasteiger partial charge in [0.05, 0.1) is 18.2 Å². The number of aliphatic hydroxyl groups is 1.